The summed E-state index contributed by atoms with van der Waals surface area (Å²) in [6, 6.07) is 2.01. The summed E-state index contributed by atoms with van der Waals surface area (Å²) in [6.07, 6.45) is 0. The van der Waals surface area contributed by atoms with Crippen LogP contribution in [-0.2, 0) is 4.79 Å². The van der Waals surface area contributed by atoms with Crippen molar-refractivity contribution in [1.82, 2.24) is 10.2 Å². The average Bonchev–Trinajstić information content (AvgIpc) is 2.54. The molecule has 1 aliphatic rings. The number of Topliss-reactive ketones (excluding diaryl/α,β-unsaturated/α-hetero) is 1. The number of nitro benzene ring substituents is 1. The molecular formula is C16H19N3O5S. The summed E-state index contributed by atoms with van der Waals surface area (Å²) < 4.78 is 5.03. The summed E-state index contributed by atoms with van der Waals surface area (Å²) in [5, 5.41) is 24.6. The number of carbonyl (C=O) groups is 1. The van der Waals surface area contributed by atoms with Crippen LogP contribution in [0, 0.1) is 10.1 Å². The van der Waals surface area contributed by atoms with Gasteiger partial charge in [0.25, 0.3) is 0 Å². The number of ketones is 1. The first-order chi connectivity index (χ1) is 11.7. The lowest BCUT2D eigenvalue weighted by Gasteiger charge is -2.37. The number of allylic oxidation sites excluding steroid dienone is 1. The van der Waals surface area contributed by atoms with Gasteiger partial charge in [0.1, 0.15) is 0 Å². The van der Waals surface area contributed by atoms with E-state index in [-0.39, 0.29) is 11.5 Å². The van der Waals surface area contributed by atoms with Crippen molar-refractivity contribution in [1.29, 1.82) is 0 Å². The molecular weight excluding hydrogens is 346 g/mol. The monoisotopic (exact) mass is 365 g/mol. The Bertz CT molecular complexity index is 790. The first-order valence-electron chi connectivity index (χ1n) is 7.57. The predicted octanol–water partition coefficient (Wildman–Crippen LogP) is 2.42. The number of hydrogen-bond acceptors (Lipinski definition) is 6. The second-order valence-electron chi connectivity index (χ2n) is 5.53. The topological polar surface area (TPSA) is 105 Å². The maximum absolute atomic E-state index is 12.2. The number of benzene rings is 1. The Morgan fingerprint density at radius 1 is 1.52 bits per heavy atom. The second kappa shape index (κ2) is 7.06. The third-order valence-corrected chi connectivity index (χ3v) is 4.46. The molecule has 0 amide bonds. The minimum atomic E-state index is -0.704. The number of nitro groups is 1. The highest BCUT2D eigenvalue weighted by Gasteiger charge is 2.33. The Labute approximate surface area is 150 Å². The van der Waals surface area contributed by atoms with Gasteiger partial charge in [-0.3, -0.25) is 14.9 Å². The standard InChI is InChI=1S/C16H19N3O5S/c1-5-18-8(2)13(9(3)20)14(17-16(18)25)10-6-11(19(22)23)15(21)12(7-10)24-4/h6-7,14,21H,5H2,1-4H3,(H,17,25). The molecule has 0 aromatic heterocycles. The molecule has 0 radical (unpaired) electrons. The van der Waals surface area contributed by atoms with E-state index in [0.717, 1.165) is 0 Å². The molecule has 2 N–H and O–H groups in total. The van der Waals surface area contributed by atoms with Crippen LogP contribution in [0.1, 0.15) is 32.4 Å². The highest BCUT2D eigenvalue weighted by atomic mass is 32.1. The molecule has 0 saturated carbocycles. The van der Waals surface area contributed by atoms with Crippen molar-refractivity contribution in [3.8, 4) is 11.5 Å². The van der Waals surface area contributed by atoms with Gasteiger partial charge in [-0.05, 0) is 44.6 Å². The fourth-order valence-corrected chi connectivity index (χ4v) is 3.33. The molecule has 134 valence electrons. The van der Waals surface area contributed by atoms with Crippen molar-refractivity contribution < 1.29 is 19.6 Å². The molecule has 1 aromatic rings. The molecule has 0 saturated heterocycles. The molecule has 1 unspecified atom stereocenters. The molecule has 2 rings (SSSR count). The summed E-state index contributed by atoms with van der Waals surface area (Å²) >= 11 is 5.35. The zero-order valence-corrected chi connectivity index (χ0v) is 15.1. The third-order valence-electron chi connectivity index (χ3n) is 4.12. The molecule has 1 heterocycles. The molecule has 9 heteroatoms. The third kappa shape index (κ3) is 3.27. The van der Waals surface area contributed by atoms with E-state index >= 15 is 0 Å². The predicted molar refractivity (Wildman–Crippen MR) is 95.5 cm³/mol. The molecule has 1 aromatic carbocycles. The molecule has 0 bridgehead atoms. The first-order valence-corrected chi connectivity index (χ1v) is 7.98. The van der Waals surface area contributed by atoms with E-state index in [0.29, 0.717) is 28.5 Å². The number of carbonyl (C=O) groups excluding carboxylic acids is 1. The zero-order chi connectivity index (χ0) is 18.9. The van der Waals surface area contributed by atoms with Crippen LogP contribution in [0.25, 0.3) is 0 Å². The molecule has 8 nitrogen and oxygen atoms in total. The van der Waals surface area contributed by atoms with Gasteiger partial charge in [-0.1, -0.05) is 0 Å². The summed E-state index contributed by atoms with van der Waals surface area (Å²) in [7, 11) is 1.30. The lowest BCUT2D eigenvalue weighted by Crippen LogP contribution is -2.47. The highest BCUT2D eigenvalue weighted by molar-refractivity contribution is 7.80. The second-order valence-corrected chi connectivity index (χ2v) is 5.92. The van der Waals surface area contributed by atoms with Crippen LogP contribution in [0.5, 0.6) is 11.5 Å². The van der Waals surface area contributed by atoms with Gasteiger partial charge in [0, 0.05) is 23.9 Å². The van der Waals surface area contributed by atoms with Crippen molar-refractivity contribution in [2.45, 2.75) is 26.8 Å². The molecule has 25 heavy (non-hydrogen) atoms. The number of nitrogens with one attached hydrogen (secondary N) is 1. The normalized spacial score (nSPS) is 17.4. The summed E-state index contributed by atoms with van der Waals surface area (Å²) in [4.78, 5) is 24.5. The van der Waals surface area contributed by atoms with Gasteiger partial charge in [0.2, 0.25) is 5.75 Å². The van der Waals surface area contributed by atoms with Gasteiger partial charge < -0.3 is 20.1 Å². The van der Waals surface area contributed by atoms with Crippen LogP contribution < -0.4 is 10.1 Å². The Morgan fingerprint density at radius 3 is 2.64 bits per heavy atom. The van der Waals surface area contributed by atoms with Gasteiger partial charge in [-0.15, -0.1) is 0 Å². The molecule has 0 spiro atoms. The lowest BCUT2D eigenvalue weighted by molar-refractivity contribution is -0.386. The Balaban J connectivity index is 2.69. The number of phenolic OH excluding ortho intramolecular Hbond substituents is 1. The minimum absolute atomic E-state index is 0.0459. The number of methoxy groups -OCH3 is 1. The van der Waals surface area contributed by atoms with Crippen molar-refractivity contribution >= 4 is 28.8 Å². The quantitative estimate of drug-likeness (QED) is 0.466. The van der Waals surface area contributed by atoms with E-state index < -0.39 is 22.4 Å². The summed E-state index contributed by atoms with van der Waals surface area (Å²) in [6.45, 7) is 5.71. The summed E-state index contributed by atoms with van der Waals surface area (Å²) in [5.41, 5.74) is 1.06. The van der Waals surface area contributed by atoms with Crippen LogP contribution in [0.3, 0.4) is 0 Å². The number of rotatable bonds is 5. The summed E-state index contributed by atoms with van der Waals surface area (Å²) in [5.74, 6) is -0.782. The SMILES string of the molecule is CCN1C(=S)NC(c2cc(OC)c(O)c([N+](=O)[O-])c2)C(C(C)=O)=C1C. The molecule has 1 aliphatic heterocycles. The van der Waals surface area contributed by atoms with Gasteiger partial charge in [0.15, 0.2) is 16.6 Å². The largest absolute Gasteiger partial charge is 0.500 e. The number of thiocarbonyl (C=S) groups is 1. The number of ether oxygens (including phenoxy) is 1. The van der Waals surface area contributed by atoms with Crippen LogP contribution >= 0.6 is 12.2 Å². The van der Waals surface area contributed by atoms with E-state index in [4.69, 9.17) is 17.0 Å². The van der Waals surface area contributed by atoms with Crippen LogP contribution in [0.15, 0.2) is 23.4 Å². The highest BCUT2D eigenvalue weighted by Crippen LogP contribution is 2.41. The van der Waals surface area contributed by atoms with Crippen LogP contribution in [0.4, 0.5) is 5.69 Å². The first kappa shape index (κ1) is 18.7. The molecule has 0 fully saturated rings. The van der Waals surface area contributed by atoms with Gasteiger partial charge in [0.05, 0.1) is 18.1 Å². The maximum Gasteiger partial charge on any atom is 0.315 e. The Morgan fingerprint density at radius 2 is 2.16 bits per heavy atom. The fraction of sp³-hybridized carbons (Fsp3) is 0.375. The van der Waals surface area contributed by atoms with E-state index in [1.165, 1.54) is 26.2 Å². The van der Waals surface area contributed by atoms with Gasteiger partial charge in [-0.25, -0.2) is 0 Å². The Kier molecular flexibility index (Phi) is 5.27. The number of phenols is 1. The fourth-order valence-electron chi connectivity index (χ4n) is 2.94. The van der Waals surface area contributed by atoms with Crippen LogP contribution in [-0.4, -0.2) is 39.5 Å². The maximum atomic E-state index is 12.2. The van der Waals surface area contributed by atoms with Crippen LogP contribution in [0.2, 0.25) is 0 Å². The minimum Gasteiger partial charge on any atom is -0.500 e. The zero-order valence-electron chi connectivity index (χ0n) is 14.3. The van der Waals surface area contributed by atoms with Crippen molar-refractivity contribution in [2.24, 2.45) is 0 Å². The lowest BCUT2D eigenvalue weighted by atomic mass is 9.92. The number of hydrogen-bond donors (Lipinski definition) is 2. The van der Waals surface area contributed by atoms with E-state index in [9.17, 15) is 20.0 Å². The van der Waals surface area contributed by atoms with Crippen molar-refractivity contribution in [3.05, 3.63) is 39.1 Å². The number of aromatic hydroxyl groups is 1. The molecule has 0 aliphatic carbocycles. The van der Waals surface area contributed by atoms with E-state index in [1.807, 2.05) is 6.92 Å². The molecule has 1 atom stereocenters. The van der Waals surface area contributed by atoms with Crippen molar-refractivity contribution in [3.63, 3.8) is 0 Å². The van der Waals surface area contributed by atoms with Gasteiger partial charge >= 0.3 is 5.69 Å². The Hall–Kier alpha value is -2.68. The van der Waals surface area contributed by atoms with Gasteiger partial charge in [-0.2, -0.15) is 0 Å². The van der Waals surface area contributed by atoms with E-state index in [1.54, 1.807) is 11.8 Å². The van der Waals surface area contributed by atoms with Crippen molar-refractivity contribution in [2.75, 3.05) is 13.7 Å². The van der Waals surface area contributed by atoms with E-state index in [2.05, 4.69) is 5.32 Å². The number of nitrogens with zero attached hydrogens (tertiary/aromatic N) is 2. The smallest absolute Gasteiger partial charge is 0.315 e. The average molecular weight is 365 g/mol.